The normalized spacial score (nSPS) is 13.5. The van der Waals surface area contributed by atoms with Gasteiger partial charge in [-0.3, -0.25) is 9.59 Å². The molecule has 0 spiro atoms. The van der Waals surface area contributed by atoms with Crippen LogP contribution in [0.25, 0.3) is 0 Å². The summed E-state index contributed by atoms with van der Waals surface area (Å²) in [4.78, 5) is 26.7. The van der Waals surface area contributed by atoms with Crippen molar-refractivity contribution in [2.75, 3.05) is 16.8 Å². The second-order valence-electron chi connectivity index (χ2n) is 6.53. The lowest BCUT2D eigenvalue weighted by Crippen LogP contribution is -2.38. The topological polar surface area (TPSA) is 49.4 Å². The number of rotatable bonds is 3. The van der Waals surface area contributed by atoms with E-state index in [1.165, 1.54) is 0 Å². The SMILES string of the molecule is CC(C)C(=O)N1CCCc2cc(NC(=O)c3ccccc3Br)ccc21. The van der Waals surface area contributed by atoms with Crippen LogP contribution in [0.4, 0.5) is 11.4 Å². The molecule has 5 heteroatoms. The van der Waals surface area contributed by atoms with Gasteiger partial charge >= 0.3 is 0 Å². The van der Waals surface area contributed by atoms with Crippen molar-refractivity contribution < 1.29 is 9.59 Å². The van der Waals surface area contributed by atoms with Crippen LogP contribution in [0.1, 0.15) is 36.2 Å². The highest BCUT2D eigenvalue weighted by atomic mass is 79.9. The number of benzene rings is 2. The number of hydrogen-bond acceptors (Lipinski definition) is 2. The third kappa shape index (κ3) is 3.76. The quantitative estimate of drug-likeness (QED) is 0.815. The van der Waals surface area contributed by atoms with E-state index in [4.69, 9.17) is 0 Å². The van der Waals surface area contributed by atoms with Crippen molar-refractivity contribution in [1.29, 1.82) is 0 Å². The molecule has 0 fully saturated rings. The molecule has 0 atom stereocenters. The highest BCUT2D eigenvalue weighted by Gasteiger charge is 2.24. The maximum Gasteiger partial charge on any atom is 0.256 e. The van der Waals surface area contributed by atoms with Crippen LogP contribution in [0.5, 0.6) is 0 Å². The van der Waals surface area contributed by atoms with Gasteiger partial charge in [-0.25, -0.2) is 0 Å². The molecule has 3 rings (SSSR count). The first-order valence-corrected chi connectivity index (χ1v) is 9.27. The van der Waals surface area contributed by atoms with Gasteiger partial charge in [-0.2, -0.15) is 0 Å². The Morgan fingerprint density at radius 1 is 1.16 bits per heavy atom. The molecule has 0 saturated heterocycles. The molecular formula is C20H21BrN2O2. The van der Waals surface area contributed by atoms with Gasteiger partial charge in [0, 0.05) is 28.3 Å². The Labute approximate surface area is 156 Å². The average molecular weight is 401 g/mol. The standard InChI is InChI=1S/C20H21BrN2O2/c1-13(2)20(25)23-11-5-6-14-12-15(9-10-18(14)23)22-19(24)16-7-3-4-8-17(16)21/h3-4,7-10,12-13H,5-6,11H2,1-2H3,(H,22,24). The molecular weight excluding hydrogens is 380 g/mol. The van der Waals surface area contributed by atoms with Crippen LogP contribution in [0.2, 0.25) is 0 Å². The summed E-state index contributed by atoms with van der Waals surface area (Å²) in [6, 6.07) is 13.1. The first kappa shape index (κ1) is 17.7. The second kappa shape index (κ2) is 7.40. The van der Waals surface area contributed by atoms with Crippen LogP contribution in [0, 0.1) is 5.92 Å². The number of fused-ring (bicyclic) bond motifs is 1. The summed E-state index contributed by atoms with van der Waals surface area (Å²) in [6.07, 6.45) is 1.85. The van der Waals surface area contributed by atoms with Crippen molar-refractivity contribution in [3.8, 4) is 0 Å². The Bertz CT molecular complexity index is 817. The fourth-order valence-electron chi connectivity index (χ4n) is 3.06. The summed E-state index contributed by atoms with van der Waals surface area (Å²) in [5.74, 6) is -0.0370. The Morgan fingerprint density at radius 2 is 1.92 bits per heavy atom. The van der Waals surface area contributed by atoms with Crippen LogP contribution in [-0.2, 0) is 11.2 Å². The minimum Gasteiger partial charge on any atom is -0.322 e. The Balaban J connectivity index is 1.83. The molecule has 1 heterocycles. The van der Waals surface area contributed by atoms with E-state index in [9.17, 15) is 9.59 Å². The zero-order chi connectivity index (χ0) is 18.0. The number of carbonyl (C=O) groups is 2. The zero-order valence-corrected chi connectivity index (χ0v) is 16.0. The van der Waals surface area contributed by atoms with Gasteiger partial charge in [-0.05, 0) is 64.7 Å². The number of anilines is 2. The minimum absolute atomic E-state index is 0.0271. The van der Waals surface area contributed by atoms with Crippen LogP contribution in [0.15, 0.2) is 46.9 Å². The number of nitrogens with one attached hydrogen (secondary N) is 1. The number of hydrogen-bond donors (Lipinski definition) is 1. The van der Waals surface area contributed by atoms with E-state index < -0.39 is 0 Å². The van der Waals surface area contributed by atoms with E-state index >= 15 is 0 Å². The van der Waals surface area contributed by atoms with E-state index in [0.29, 0.717) is 5.56 Å². The lowest BCUT2D eigenvalue weighted by molar-refractivity contribution is -0.121. The van der Waals surface area contributed by atoms with Gasteiger partial charge in [0.25, 0.3) is 5.91 Å². The molecule has 130 valence electrons. The maximum absolute atomic E-state index is 12.5. The number of halogens is 1. The summed E-state index contributed by atoms with van der Waals surface area (Å²) >= 11 is 3.40. The van der Waals surface area contributed by atoms with Crippen LogP contribution >= 0.6 is 15.9 Å². The largest absolute Gasteiger partial charge is 0.322 e. The van der Waals surface area contributed by atoms with E-state index in [0.717, 1.165) is 40.8 Å². The molecule has 0 radical (unpaired) electrons. The third-order valence-electron chi connectivity index (χ3n) is 4.33. The maximum atomic E-state index is 12.5. The molecule has 0 aromatic heterocycles. The zero-order valence-electron chi connectivity index (χ0n) is 14.4. The molecule has 0 unspecified atom stereocenters. The van der Waals surface area contributed by atoms with Crippen molar-refractivity contribution in [2.45, 2.75) is 26.7 Å². The molecule has 2 aromatic rings. The van der Waals surface area contributed by atoms with E-state index in [-0.39, 0.29) is 17.7 Å². The summed E-state index contributed by atoms with van der Waals surface area (Å²) < 4.78 is 0.763. The fraction of sp³-hybridized carbons (Fsp3) is 0.300. The summed E-state index contributed by atoms with van der Waals surface area (Å²) in [5, 5.41) is 2.94. The number of aryl methyl sites for hydroxylation is 1. The van der Waals surface area contributed by atoms with Crippen molar-refractivity contribution in [1.82, 2.24) is 0 Å². The van der Waals surface area contributed by atoms with Crippen LogP contribution < -0.4 is 10.2 Å². The molecule has 25 heavy (non-hydrogen) atoms. The summed E-state index contributed by atoms with van der Waals surface area (Å²) in [7, 11) is 0. The summed E-state index contributed by atoms with van der Waals surface area (Å²) in [6.45, 7) is 4.60. The first-order chi connectivity index (χ1) is 12.0. The van der Waals surface area contributed by atoms with Gasteiger partial charge in [-0.15, -0.1) is 0 Å². The van der Waals surface area contributed by atoms with E-state index in [1.54, 1.807) is 6.07 Å². The number of amides is 2. The molecule has 1 aliphatic rings. The van der Waals surface area contributed by atoms with Gasteiger partial charge < -0.3 is 10.2 Å². The van der Waals surface area contributed by atoms with Gasteiger partial charge in [0.1, 0.15) is 0 Å². The number of carbonyl (C=O) groups excluding carboxylic acids is 2. The molecule has 1 N–H and O–H groups in total. The van der Waals surface area contributed by atoms with Crippen molar-refractivity contribution in [3.05, 3.63) is 58.1 Å². The number of nitrogens with zero attached hydrogens (tertiary/aromatic N) is 1. The van der Waals surface area contributed by atoms with Crippen LogP contribution in [0.3, 0.4) is 0 Å². The van der Waals surface area contributed by atoms with Crippen LogP contribution in [-0.4, -0.2) is 18.4 Å². The first-order valence-electron chi connectivity index (χ1n) is 8.47. The predicted octanol–water partition coefficient (Wildman–Crippen LogP) is 4.64. The molecule has 2 aromatic carbocycles. The Hall–Kier alpha value is -2.14. The average Bonchev–Trinajstić information content (AvgIpc) is 2.60. The minimum atomic E-state index is -0.154. The summed E-state index contributed by atoms with van der Waals surface area (Å²) in [5.41, 5.74) is 3.41. The lowest BCUT2D eigenvalue weighted by atomic mass is 9.99. The predicted molar refractivity (Wildman–Crippen MR) is 104 cm³/mol. The van der Waals surface area contributed by atoms with E-state index in [2.05, 4.69) is 21.2 Å². The highest BCUT2D eigenvalue weighted by molar-refractivity contribution is 9.10. The monoisotopic (exact) mass is 400 g/mol. The molecule has 0 aliphatic carbocycles. The Morgan fingerprint density at radius 3 is 2.64 bits per heavy atom. The lowest BCUT2D eigenvalue weighted by Gasteiger charge is -2.31. The molecule has 0 bridgehead atoms. The van der Waals surface area contributed by atoms with Gasteiger partial charge in [0.05, 0.1) is 5.56 Å². The molecule has 1 aliphatic heterocycles. The third-order valence-corrected chi connectivity index (χ3v) is 5.03. The molecule has 0 saturated carbocycles. The van der Waals surface area contributed by atoms with Gasteiger partial charge in [0.2, 0.25) is 5.91 Å². The van der Waals surface area contributed by atoms with Crippen molar-refractivity contribution in [3.63, 3.8) is 0 Å². The van der Waals surface area contributed by atoms with Gasteiger partial charge in [0.15, 0.2) is 0 Å². The van der Waals surface area contributed by atoms with Gasteiger partial charge in [-0.1, -0.05) is 26.0 Å². The fourth-order valence-corrected chi connectivity index (χ4v) is 3.52. The van der Waals surface area contributed by atoms with Crippen molar-refractivity contribution >= 4 is 39.1 Å². The van der Waals surface area contributed by atoms with E-state index in [1.807, 2.05) is 55.1 Å². The van der Waals surface area contributed by atoms with Crippen molar-refractivity contribution in [2.24, 2.45) is 5.92 Å². The Kier molecular flexibility index (Phi) is 5.23. The second-order valence-corrected chi connectivity index (χ2v) is 7.38. The highest BCUT2D eigenvalue weighted by Crippen LogP contribution is 2.31. The molecule has 4 nitrogen and oxygen atoms in total. The molecule has 2 amide bonds. The smallest absolute Gasteiger partial charge is 0.256 e.